The molecule has 1 saturated carbocycles. The molecular formula is C11H8Cl2O4. The van der Waals surface area contributed by atoms with E-state index in [2.05, 4.69) is 4.74 Å². The SMILES string of the molecule is O=COC(=O)C1C(Oc2ccccc2)C1(Cl)Cl. The van der Waals surface area contributed by atoms with Gasteiger partial charge in [0.15, 0.2) is 4.33 Å². The molecule has 2 rings (SSSR count). The maximum Gasteiger partial charge on any atom is 0.323 e. The summed E-state index contributed by atoms with van der Waals surface area (Å²) in [5.74, 6) is -1.09. The molecule has 0 saturated heterocycles. The summed E-state index contributed by atoms with van der Waals surface area (Å²) < 4.78 is 8.29. The highest BCUT2D eigenvalue weighted by atomic mass is 35.5. The molecule has 1 aromatic rings. The largest absolute Gasteiger partial charge is 0.486 e. The number of hydrogen-bond donors (Lipinski definition) is 0. The molecule has 0 heterocycles. The number of rotatable bonds is 4. The number of hydrogen-bond acceptors (Lipinski definition) is 4. The van der Waals surface area contributed by atoms with Gasteiger partial charge in [-0.15, -0.1) is 0 Å². The Morgan fingerprint density at radius 2 is 1.94 bits per heavy atom. The van der Waals surface area contributed by atoms with E-state index in [0.717, 1.165) is 0 Å². The predicted octanol–water partition coefficient (Wildman–Crippen LogP) is 1.94. The molecule has 0 aliphatic heterocycles. The maximum atomic E-state index is 11.3. The minimum absolute atomic E-state index is 0.0457. The van der Waals surface area contributed by atoms with Crippen LogP contribution in [0.15, 0.2) is 30.3 Å². The van der Waals surface area contributed by atoms with Gasteiger partial charge in [0, 0.05) is 0 Å². The van der Waals surface area contributed by atoms with Crippen LogP contribution in [0.3, 0.4) is 0 Å². The van der Waals surface area contributed by atoms with Crippen molar-refractivity contribution < 1.29 is 19.1 Å². The molecular weight excluding hydrogens is 267 g/mol. The molecule has 0 radical (unpaired) electrons. The number of benzene rings is 1. The summed E-state index contributed by atoms with van der Waals surface area (Å²) in [4.78, 5) is 21.4. The van der Waals surface area contributed by atoms with E-state index in [4.69, 9.17) is 27.9 Å². The van der Waals surface area contributed by atoms with E-state index >= 15 is 0 Å². The minimum Gasteiger partial charge on any atom is -0.486 e. The van der Waals surface area contributed by atoms with Crippen LogP contribution in [0.4, 0.5) is 0 Å². The average Bonchev–Trinajstić information content (AvgIpc) is 2.82. The van der Waals surface area contributed by atoms with Crippen LogP contribution in [0.5, 0.6) is 5.75 Å². The fraction of sp³-hybridized carbons (Fsp3) is 0.273. The molecule has 1 aliphatic rings. The minimum atomic E-state index is -1.35. The lowest BCUT2D eigenvalue weighted by molar-refractivity contribution is -0.152. The van der Waals surface area contributed by atoms with Crippen LogP contribution in [0.1, 0.15) is 0 Å². The van der Waals surface area contributed by atoms with Crippen molar-refractivity contribution in [3.8, 4) is 5.75 Å². The molecule has 0 bridgehead atoms. The normalized spacial score (nSPS) is 24.8. The summed E-state index contributed by atoms with van der Waals surface area (Å²) in [5, 5.41) is 0. The number of ether oxygens (including phenoxy) is 2. The molecule has 2 atom stereocenters. The molecule has 90 valence electrons. The Balaban J connectivity index is 2.04. The molecule has 17 heavy (non-hydrogen) atoms. The third kappa shape index (κ3) is 2.37. The molecule has 1 aliphatic carbocycles. The highest BCUT2D eigenvalue weighted by Crippen LogP contribution is 2.55. The Bertz CT molecular complexity index is 432. The van der Waals surface area contributed by atoms with E-state index in [1.54, 1.807) is 24.3 Å². The lowest BCUT2D eigenvalue weighted by Crippen LogP contribution is -2.11. The third-order valence-electron chi connectivity index (χ3n) is 2.41. The number of alkyl halides is 2. The van der Waals surface area contributed by atoms with Crippen LogP contribution >= 0.6 is 23.2 Å². The van der Waals surface area contributed by atoms with Crippen LogP contribution in [-0.2, 0) is 14.3 Å². The summed E-state index contributed by atoms with van der Waals surface area (Å²) in [6.45, 7) is 0.0457. The first kappa shape index (κ1) is 12.2. The van der Waals surface area contributed by atoms with Crippen LogP contribution in [0, 0.1) is 5.92 Å². The fourth-order valence-corrected chi connectivity index (χ4v) is 2.11. The van der Waals surface area contributed by atoms with Gasteiger partial charge >= 0.3 is 12.4 Å². The second kappa shape index (κ2) is 4.55. The van der Waals surface area contributed by atoms with Gasteiger partial charge in [-0.2, -0.15) is 0 Å². The van der Waals surface area contributed by atoms with Crippen LogP contribution in [0.25, 0.3) is 0 Å². The lowest BCUT2D eigenvalue weighted by Gasteiger charge is -2.04. The van der Waals surface area contributed by atoms with Crippen molar-refractivity contribution in [2.45, 2.75) is 10.4 Å². The highest BCUT2D eigenvalue weighted by molar-refractivity contribution is 6.53. The smallest absolute Gasteiger partial charge is 0.323 e. The summed E-state index contributed by atoms with van der Waals surface area (Å²) in [5.41, 5.74) is 0. The van der Waals surface area contributed by atoms with Crippen LogP contribution in [-0.4, -0.2) is 22.9 Å². The van der Waals surface area contributed by atoms with Crippen molar-refractivity contribution in [1.29, 1.82) is 0 Å². The lowest BCUT2D eigenvalue weighted by atomic mass is 10.3. The van der Waals surface area contributed by atoms with E-state index in [-0.39, 0.29) is 6.47 Å². The molecule has 4 nitrogen and oxygen atoms in total. The van der Waals surface area contributed by atoms with Gasteiger partial charge in [-0.25, -0.2) is 0 Å². The molecule has 0 spiro atoms. The second-order valence-electron chi connectivity index (χ2n) is 3.54. The third-order valence-corrected chi connectivity index (χ3v) is 3.31. The standard InChI is InChI=1S/C11H8Cl2O4/c12-11(13)8(10(15)16-6-14)9(11)17-7-4-2-1-3-5-7/h1-6,8-9H. The quantitative estimate of drug-likeness (QED) is 0.364. The Morgan fingerprint density at radius 3 is 2.53 bits per heavy atom. The molecule has 0 amide bonds. The van der Waals surface area contributed by atoms with Crippen molar-refractivity contribution >= 4 is 35.6 Å². The highest BCUT2D eigenvalue weighted by Gasteiger charge is 2.71. The first-order valence-electron chi connectivity index (χ1n) is 4.81. The van der Waals surface area contributed by atoms with Gasteiger partial charge in [-0.05, 0) is 12.1 Å². The van der Waals surface area contributed by atoms with Gasteiger partial charge in [0.25, 0.3) is 0 Å². The molecule has 0 aromatic heterocycles. The zero-order valence-electron chi connectivity index (χ0n) is 8.51. The van der Waals surface area contributed by atoms with E-state index < -0.39 is 22.3 Å². The fourth-order valence-electron chi connectivity index (χ4n) is 1.49. The van der Waals surface area contributed by atoms with Gasteiger partial charge in [0.1, 0.15) is 17.8 Å². The maximum absolute atomic E-state index is 11.3. The van der Waals surface area contributed by atoms with Gasteiger partial charge in [-0.3, -0.25) is 9.59 Å². The number of esters is 1. The second-order valence-corrected chi connectivity index (χ2v) is 4.98. The van der Waals surface area contributed by atoms with E-state index in [1.165, 1.54) is 0 Å². The number of para-hydroxylation sites is 1. The first-order valence-corrected chi connectivity index (χ1v) is 5.56. The Kier molecular flexibility index (Phi) is 3.26. The monoisotopic (exact) mass is 274 g/mol. The zero-order valence-corrected chi connectivity index (χ0v) is 10.0. The summed E-state index contributed by atoms with van der Waals surface area (Å²) in [7, 11) is 0. The van der Waals surface area contributed by atoms with Crippen molar-refractivity contribution in [3.05, 3.63) is 30.3 Å². The van der Waals surface area contributed by atoms with Gasteiger partial charge < -0.3 is 9.47 Å². The topological polar surface area (TPSA) is 52.6 Å². The Hall–Kier alpha value is -1.26. The number of carbonyl (C=O) groups is 2. The van der Waals surface area contributed by atoms with Crippen molar-refractivity contribution in [3.63, 3.8) is 0 Å². The first-order chi connectivity index (χ1) is 8.07. The van der Waals surface area contributed by atoms with Gasteiger partial charge in [-0.1, -0.05) is 41.4 Å². The van der Waals surface area contributed by atoms with Crippen molar-refractivity contribution in [1.82, 2.24) is 0 Å². The van der Waals surface area contributed by atoms with E-state index in [1.807, 2.05) is 6.07 Å². The summed E-state index contributed by atoms with van der Waals surface area (Å²) in [6.07, 6.45) is -0.708. The Morgan fingerprint density at radius 1 is 1.29 bits per heavy atom. The zero-order chi connectivity index (χ0) is 12.5. The van der Waals surface area contributed by atoms with Gasteiger partial charge in [0.05, 0.1) is 0 Å². The molecule has 1 aromatic carbocycles. The summed E-state index contributed by atoms with van der Waals surface area (Å²) >= 11 is 11.8. The molecule has 2 unspecified atom stereocenters. The predicted molar refractivity (Wildman–Crippen MR) is 60.9 cm³/mol. The van der Waals surface area contributed by atoms with Crippen molar-refractivity contribution in [2.75, 3.05) is 0 Å². The number of halogens is 2. The van der Waals surface area contributed by atoms with Gasteiger partial charge in [0.2, 0.25) is 0 Å². The molecule has 1 fully saturated rings. The average molecular weight is 275 g/mol. The summed E-state index contributed by atoms with van der Waals surface area (Å²) in [6, 6.07) is 8.81. The van der Waals surface area contributed by atoms with E-state index in [9.17, 15) is 9.59 Å². The van der Waals surface area contributed by atoms with Crippen LogP contribution in [0.2, 0.25) is 0 Å². The number of carbonyl (C=O) groups excluding carboxylic acids is 2. The Labute approximate surface area is 107 Å². The molecule has 0 N–H and O–H groups in total. The molecule has 6 heteroatoms. The van der Waals surface area contributed by atoms with Crippen molar-refractivity contribution in [2.24, 2.45) is 5.92 Å². The van der Waals surface area contributed by atoms with Crippen LogP contribution < -0.4 is 4.74 Å². The van der Waals surface area contributed by atoms with E-state index in [0.29, 0.717) is 5.75 Å².